The fraction of sp³-hybridized carbons (Fsp3) is 0.214. The minimum atomic E-state index is -0.598. The topological polar surface area (TPSA) is 24.9 Å². The highest BCUT2D eigenvalue weighted by atomic mass is 19.1. The Morgan fingerprint density at radius 2 is 2.00 bits per heavy atom. The van der Waals surface area contributed by atoms with Crippen LogP contribution in [-0.4, -0.2) is 11.5 Å². The average Bonchev–Trinajstić information content (AvgIpc) is 2.35. The Labute approximate surface area is 105 Å². The van der Waals surface area contributed by atoms with E-state index in [1.165, 1.54) is 18.3 Å². The standard InChI is InChI=1S/C14H14F2N2/c1-3-17-10-6-7-18-12(8-10)13-11(15)5-4-9(2)14(13)16/h4-8H,3H2,1-2H3,(H,17,18). The van der Waals surface area contributed by atoms with Crippen LogP contribution in [0.15, 0.2) is 30.5 Å². The van der Waals surface area contributed by atoms with Crippen LogP contribution in [0.25, 0.3) is 11.3 Å². The van der Waals surface area contributed by atoms with E-state index in [4.69, 9.17) is 0 Å². The van der Waals surface area contributed by atoms with E-state index in [1.807, 2.05) is 6.92 Å². The van der Waals surface area contributed by atoms with E-state index in [1.54, 1.807) is 19.1 Å². The van der Waals surface area contributed by atoms with Gasteiger partial charge in [0.1, 0.15) is 11.6 Å². The van der Waals surface area contributed by atoms with Crippen LogP contribution in [0.1, 0.15) is 12.5 Å². The number of anilines is 1. The number of rotatable bonds is 3. The second-order valence-corrected chi connectivity index (χ2v) is 4.01. The highest BCUT2D eigenvalue weighted by Crippen LogP contribution is 2.27. The van der Waals surface area contributed by atoms with Crippen molar-refractivity contribution in [3.8, 4) is 11.3 Å². The second-order valence-electron chi connectivity index (χ2n) is 4.01. The van der Waals surface area contributed by atoms with Crippen LogP contribution >= 0.6 is 0 Å². The molecule has 0 radical (unpaired) electrons. The van der Waals surface area contributed by atoms with Gasteiger partial charge in [0.25, 0.3) is 0 Å². The van der Waals surface area contributed by atoms with Gasteiger partial charge in [-0.3, -0.25) is 4.98 Å². The number of nitrogens with one attached hydrogen (secondary N) is 1. The van der Waals surface area contributed by atoms with Crippen molar-refractivity contribution in [2.24, 2.45) is 0 Å². The van der Waals surface area contributed by atoms with Gasteiger partial charge in [0, 0.05) is 18.4 Å². The predicted octanol–water partition coefficient (Wildman–Crippen LogP) is 3.77. The number of hydrogen-bond acceptors (Lipinski definition) is 2. The molecule has 0 atom stereocenters. The fourth-order valence-electron chi connectivity index (χ4n) is 1.77. The molecule has 1 N–H and O–H groups in total. The summed E-state index contributed by atoms with van der Waals surface area (Å²) in [6.07, 6.45) is 1.54. The molecule has 94 valence electrons. The molecular weight excluding hydrogens is 234 g/mol. The number of nitrogens with zero attached hydrogens (tertiary/aromatic N) is 1. The number of aromatic nitrogens is 1. The molecule has 0 aliphatic heterocycles. The van der Waals surface area contributed by atoms with Crippen LogP contribution < -0.4 is 5.32 Å². The quantitative estimate of drug-likeness (QED) is 0.894. The van der Waals surface area contributed by atoms with Gasteiger partial charge in [0.15, 0.2) is 0 Å². The zero-order valence-corrected chi connectivity index (χ0v) is 10.3. The van der Waals surface area contributed by atoms with Crippen molar-refractivity contribution in [2.45, 2.75) is 13.8 Å². The highest BCUT2D eigenvalue weighted by Gasteiger charge is 2.14. The van der Waals surface area contributed by atoms with E-state index in [-0.39, 0.29) is 5.56 Å². The molecule has 0 bridgehead atoms. The molecule has 0 saturated heterocycles. The molecular formula is C14H14F2N2. The predicted molar refractivity (Wildman–Crippen MR) is 68.5 cm³/mol. The summed E-state index contributed by atoms with van der Waals surface area (Å²) in [6.45, 7) is 4.29. The molecule has 0 fully saturated rings. The van der Waals surface area contributed by atoms with Crippen LogP contribution in [0.2, 0.25) is 0 Å². The normalized spacial score (nSPS) is 10.4. The van der Waals surface area contributed by atoms with Crippen LogP contribution in [0.5, 0.6) is 0 Å². The van der Waals surface area contributed by atoms with E-state index in [0.717, 1.165) is 12.2 Å². The molecule has 0 aliphatic carbocycles. The monoisotopic (exact) mass is 248 g/mol. The van der Waals surface area contributed by atoms with Gasteiger partial charge in [-0.25, -0.2) is 8.78 Å². The zero-order chi connectivity index (χ0) is 13.1. The summed E-state index contributed by atoms with van der Waals surface area (Å²) >= 11 is 0. The van der Waals surface area contributed by atoms with Crippen molar-refractivity contribution in [2.75, 3.05) is 11.9 Å². The smallest absolute Gasteiger partial charge is 0.138 e. The van der Waals surface area contributed by atoms with Gasteiger partial charge < -0.3 is 5.32 Å². The molecule has 0 spiro atoms. The van der Waals surface area contributed by atoms with Gasteiger partial charge in [0.05, 0.1) is 11.3 Å². The SMILES string of the molecule is CCNc1ccnc(-c2c(F)ccc(C)c2F)c1. The Morgan fingerprint density at radius 1 is 1.22 bits per heavy atom. The summed E-state index contributed by atoms with van der Waals surface area (Å²) in [5.74, 6) is -1.16. The Hall–Kier alpha value is -1.97. The molecule has 18 heavy (non-hydrogen) atoms. The largest absolute Gasteiger partial charge is 0.385 e. The van der Waals surface area contributed by atoms with Crippen molar-refractivity contribution >= 4 is 5.69 Å². The maximum Gasteiger partial charge on any atom is 0.138 e. The third-order valence-corrected chi connectivity index (χ3v) is 2.68. The van der Waals surface area contributed by atoms with Gasteiger partial charge in [-0.2, -0.15) is 0 Å². The van der Waals surface area contributed by atoms with Crippen molar-refractivity contribution in [3.05, 3.63) is 47.7 Å². The Kier molecular flexibility index (Phi) is 3.55. The van der Waals surface area contributed by atoms with Crippen molar-refractivity contribution in [1.29, 1.82) is 0 Å². The lowest BCUT2D eigenvalue weighted by Crippen LogP contribution is -1.99. The summed E-state index contributed by atoms with van der Waals surface area (Å²) in [6, 6.07) is 6.08. The van der Waals surface area contributed by atoms with Crippen molar-refractivity contribution in [1.82, 2.24) is 4.98 Å². The lowest BCUT2D eigenvalue weighted by Gasteiger charge is -2.09. The first-order chi connectivity index (χ1) is 8.63. The Balaban J connectivity index is 2.55. The van der Waals surface area contributed by atoms with E-state index in [9.17, 15) is 8.78 Å². The second kappa shape index (κ2) is 5.12. The zero-order valence-electron chi connectivity index (χ0n) is 10.3. The highest BCUT2D eigenvalue weighted by molar-refractivity contribution is 5.66. The summed E-state index contributed by atoms with van der Waals surface area (Å²) in [4.78, 5) is 4.03. The van der Waals surface area contributed by atoms with Crippen LogP contribution in [0.3, 0.4) is 0 Å². The maximum atomic E-state index is 14.0. The molecule has 1 aromatic heterocycles. The van der Waals surface area contributed by atoms with Gasteiger partial charge in [0.2, 0.25) is 0 Å². The molecule has 0 unspecified atom stereocenters. The van der Waals surface area contributed by atoms with Crippen LogP contribution in [-0.2, 0) is 0 Å². The molecule has 0 amide bonds. The lowest BCUT2D eigenvalue weighted by atomic mass is 10.1. The molecule has 4 heteroatoms. The van der Waals surface area contributed by atoms with E-state index >= 15 is 0 Å². The number of aryl methyl sites for hydroxylation is 1. The lowest BCUT2D eigenvalue weighted by molar-refractivity contribution is 0.583. The van der Waals surface area contributed by atoms with E-state index in [0.29, 0.717) is 11.3 Å². The van der Waals surface area contributed by atoms with E-state index < -0.39 is 11.6 Å². The summed E-state index contributed by atoms with van der Waals surface area (Å²) in [7, 11) is 0. The van der Waals surface area contributed by atoms with Gasteiger partial charge in [-0.1, -0.05) is 6.07 Å². The number of pyridine rings is 1. The first-order valence-electron chi connectivity index (χ1n) is 5.78. The average molecular weight is 248 g/mol. The third-order valence-electron chi connectivity index (χ3n) is 2.68. The summed E-state index contributed by atoms with van der Waals surface area (Å²) in [5.41, 5.74) is 1.42. The van der Waals surface area contributed by atoms with Gasteiger partial charge in [-0.15, -0.1) is 0 Å². The minimum Gasteiger partial charge on any atom is -0.385 e. The molecule has 2 aromatic rings. The van der Waals surface area contributed by atoms with Crippen LogP contribution in [0.4, 0.5) is 14.5 Å². The maximum absolute atomic E-state index is 14.0. The third kappa shape index (κ3) is 2.32. The minimum absolute atomic E-state index is 0.0743. The first kappa shape index (κ1) is 12.5. The van der Waals surface area contributed by atoms with Gasteiger partial charge in [-0.05, 0) is 37.6 Å². The van der Waals surface area contributed by atoms with E-state index in [2.05, 4.69) is 10.3 Å². The first-order valence-corrected chi connectivity index (χ1v) is 5.78. The molecule has 0 saturated carbocycles. The molecule has 0 aliphatic rings. The fourth-order valence-corrected chi connectivity index (χ4v) is 1.77. The molecule has 2 nitrogen and oxygen atoms in total. The van der Waals surface area contributed by atoms with Crippen molar-refractivity contribution in [3.63, 3.8) is 0 Å². The Bertz CT molecular complexity index is 568. The number of benzene rings is 1. The molecule has 2 rings (SSSR count). The molecule has 1 heterocycles. The number of hydrogen-bond donors (Lipinski definition) is 1. The van der Waals surface area contributed by atoms with Crippen molar-refractivity contribution < 1.29 is 8.78 Å². The van der Waals surface area contributed by atoms with Gasteiger partial charge >= 0.3 is 0 Å². The Morgan fingerprint density at radius 3 is 2.72 bits per heavy atom. The van der Waals surface area contributed by atoms with Crippen LogP contribution in [0, 0.1) is 18.6 Å². The summed E-state index contributed by atoms with van der Waals surface area (Å²) < 4.78 is 27.7. The number of halogens is 2. The molecule has 1 aromatic carbocycles. The summed E-state index contributed by atoms with van der Waals surface area (Å²) in [5, 5.41) is 3.09.